The third-order valence-electron chi connectivity index (χ3n) is 2.59. The van der Waals surface area contributed by atoms with E-state index in [9.17, 15) is 18.0 Å². The summed E-state index contributed by atoms with van der Waals surface area (Å²) in [7, 11) is 0. The summed E-state index contributed by atoms with van der Waals surface area (Å²) in [5, 5.41) is 8.94. The Morgan fingerprint density at radius 3 is 2.35 bits per heavy atom. The Kier molecular flexibility index (Phi) is 3.67. The molecule has 2 aromatic rings. The van der Waals surface area contributed by atoms with Gasteiger partial charge in [-0.15, -0.1) is 0 Å². The Labute approximate surface area is 116 Å². The molecule has 0 aliphatic heterocycles. The predicted molar refractivity (Wildman–Crippen MR) is 66.6 cm³/mol. The van der Waals surface area contributed by atoms with Gasteiger partial charge in [0.2, 0.25) is 0 Å². The Morgan fingerprint density at radius 2 is 1.75 bits per heavy atom. The number of carboxylic acids is 1. The van der Waals surface area contributed by atoms with Gasteiger partial charge in [-0.05, 0) is 23.8 Å². The summed E-state index contributed by atoms with van der Waals surface area (Å²) in [5.41, 5.74) is -1.82. The molecule has 0 saturated heterocycles. The molecule has 0 unspecified atom stereocenters. The fourth-order valence-electron chi connectivity index (χ4n) is 1.78. The molecule has 3 nitrogen and oxygen atoms in total. The van der Waals surface area contributed by atoms with Crippen LogP contribution in [0.2, 0.25) is 5.15 Å². The van der Waals surface area contributed by atoms with E-state index in [2.05, 4.69) is 4.98 Å². The highest BCUT2D eigenvalue weighted by molar-refractivity contribution is 6.29. The number of benzene rings is 1. The van der Waals surface area contributed by atoms with Crippen molar-refractivity contribution < 1.29 is 23.1 Å². The topological polar surface area (TPSA) is 50.2 Å². The fraction of sp³-hybridized carbons (Fsp3) is 0.0769. The molecule has 7 heteroatoms. The Morgan fingerprint density at radius 1 is 1.10 bits per heavy atom. The van der Waals surface area contributed by atoms with E-state index in [0.29, 0.717) is 0 Å². The number of carbonyl (C=O) groups is 1. The normalized spacial score (nSPS) is 11.4. The van der Waals surface area contributed by atoms with Crippen LogP contribution in [0.15, 0.2) is 36.4 Å². The first-order chi connectivity index (χ1) is 9.30. The smallest absolute Gasteiger partial charge is 0.417 e. The molecule has 1 N–H and O–H groups in total. The van der Waals surface area contributed by atoms with Gasteiger partial charge in [-0.3, -0.25) is 0 Å². The maximum atomic E-state index is 13.0. The molecule has 0 spiro atoms. The molecule has 104 valence electrons. The molecule has 0 radical (unpaired) electrons. The van der Waals surface area contributed by atoms with E-state index in [4.69, 9.17) is 16.7 Å². The van der Waals surface area contributed by atoms with Crippen molar-refractivity contribution in [1.82, 2.24) is 4.98 Å². The lowest BCUT2D eigenvalue weighted by molar-refractivity contribution is -0.137. The molecule has 0 bridgehead atoms. The highest BCUT2D eigenvalue weighted by atomic mass is 35.5. The van der Waals surface area contributed by atoms with E-state index in [1.54, 1.807) is 0 Å². The average Bonchev–Trinajstić information content (AvgIpc) is 2.37. The maximum absolute atomic E-state index is 13.0. The van der Waals surface area contributed by atoms with Crippen LogP contribution >= 0.6 is 11.6 Å². The number of aromatic nitrogens is 1. The average molecular weight is 302 g/mol. The summed E-state index contributed by atoms with van der Waals surface area (Å²) >= 11 is 5.58. The molecule has 0 aliphatic rings. The van der Waals surface area contributed by atoms with E-state index in [0.717, 1.165) is 6.07 Å². The molecular weight excluding hydrogens is 295 g/mol. The van der Waals surface area contributed by atoms with Crippen LogP contribution in [-0.2, 0) is 6.18 Å². The Bertz CT molecular complexity index is 671. The molecule has 2 rings (SSSR count). The van der Waals surface area contributed by atoms with Gasteiger partial charge < -0.3 is 5.11 Å². The van der Waals surface area contributed by atoms with Gasteiger partial charge in [-0.2, -0.15) is 13.2 Å². The number of halogens is 4. The van der Waals surface area contributed by atoms with Crippen molar-refractivity contribution >= 4 is 17.6 Å². The van der Waals surface area contributed by atoms with E-state index < -0.39 is 23.4 Å². The van der Waals surface area contributed by atoms with Gasteiger partial charge in [0.15, 0.2) is 5.69 Å². The monoisotopic (exact) mass is 301 g/mol. The first-order valence-corrected chi connectivity index (χ1v) is 5.75. The third kappa shape index (κ3) is 2.75. The van der Waals surface area contributed by atoms with Gasteiger partial charge in [-0.25, -0.2) is 9.78 Å². The van der Waals surface area contributed by atoms with Crippen molar-refractivity contribution in [2.75, 3.05) is 0 Å². The lowest BCUT2D eigenvalue weighted by atomic mass is 9.98. The van der Waals surface area contributed by atoms with Crippen molar-refractivity contribution in [3.8, 4) is 11.1 Å². The van der Waals surface area contributed by atoms with Crippen molar-refractivity contribution in [2.24, 2.45) is 0 Å². The van der Waals surface area contributed by atoms with Gasteiger partial charge in [-0.1, -0.05) is 29.8 Å². The predicted octanol–water partition coefficient (Wildman–Crippen LogP) is 4.12. The van der Waals surface area contributed by atoms with Crippen molar-refractivity contribution in [3.63, 3.8) is 0 Å². The Balaban J connectivity index is 2.73. The van der Waals surface area contributed by atoms with Crippen LogP contribution in [0.1, 0.15) is 16.1 Å². The number of nitrogens with zero attached hydrogens (tertiary/aromatic N) is 1. The largest absolute Gasteiger partial charge is 0.476 e. The van der Waals surface area contributed by atoms with E-state index in [1.807, 2.05) is 0 Å². The van der Waals surface area contributed by atoms with Crippen LogP contribution in [0.25, 0.3) is 11.1 Å². The van der Waals surface area contributed by atoms with Gasteiger partial charge in [0.05, 0.1) is 5.56 Å². The van der Waals surface area contributed by atoms with Crippen LogP contribution in [0.4, 0.5) is 13.2 Å². The zero-order valence-corrected chi connectivity index (χ0v) is 10.5. The lowest BCUT2D eigenvalue weighted by Crippen LogP contribution is -2.09. The number of alkyl halides is 3. The molecule has 0 atom stereocenters. The molecule has 20 heavy (non-hydrogen) atoms. The number of aromatic carboxylic acids is 1. The molecule has 0 amide bonds. The Hall–Kier alpha value is -2.08. The molecule has 1 heterocycles. The van der Waals surface area contributed by atoms with Crippen molar-refractivity contribution in [1.29, 1.82) is 0 Å². The zero-order chi connectivity index (χ0) is 14.9. The van der Waals surface area contributed by atoms with E-state index in [1.165, 1.54) is 30.3 Å². The molecule has 0 aliphatic carbocycles. The van der Waals surface area contributed by atoms with E-state index in [-0.39, 0.29) is 16.3 Å². The lowest BCUT2D eigenvalue weighted by Gasteiger charge is -2.14. The van der Waals surface area contributed by atoms with Crippen LogP contribution in [0, 0.1) is 0 Å². The molecule has 1 aromatic heterocycles. The second-order valence-electron chi connectivity index (χ2n) is 3.88. The molecule has 0 fully saturated rings. The molecular formula is C13H7ClF3NO2. The fourth-order valence-corrected chi connectivity index (χ4v) is 1.93. The quantitative estimate of drug-likeness (QED) is 0.849. The molecule has 0 saturated carbocycles. The van der Waals surface area contributed by atoms with Crippen LogP contribution in [0.3, 0.4) is 0 Å². The SMILES string of the molecule is O=C(O)c1nc(Cl)ccc1-c1ccccc1C(F)(F)F. The van der Waals surface area contributed by atoms with E-state index >= 15 is 0 Å². The summed E-state index contributed by atoms with van der Waals surface area (Å²) in [4.78, 5) is 14.7. The first kappa shape index (κ1) is 14.3. The second-order valence-corrected chi connectivity index (χ2v) is 4.27. The highest BCUT2D eigenvalue weighted by Crippen LogP contribution is 2.38. The minimum Gasteiger partial charge on any atom is -0.476 e. The van der Waals surface area contributed by atoms with Gasteiger partial charge in [0.1, 0.15) is 5.15 Å². The van der Waals surface area contributed by atoms with Crippen LogP contribution < -0.4 is 0 Å². The van der Waals surface area contributed by atoms with Gasteiger partial charge in [0.25, 0.3) is 0 Å². The number of hydrogen-bond acceptors (Lipinski definition) is 2. The number of rotatable bonds is 2. The zero-order valence-electron chi connectivity index (χ0n) is 9.78. The van der Waals surface area contributed by atoms with Gasteiger partial charge in [0, 0.05) is 5.56 Å². The third-order valence-corrected chi connectivity index (χ3v) is 2.80. The second kappa shape index (κ2) is 5.13. The minimum atomic E-state index is -4.59. The standard InChI is InChI=1S/C13H7ClF3NO2/c14-10-6-5-8(11(18-10)12(19)20)7-3-1-2-4-9(7)13(15,16)17/h1-6H,(H,19,20). The maximum Gasteiger partial charge on any atom is 0.417 e. The van der Waals surface area contributed by atoms with Crippen LogP contribution in [0.5, 0.6) is 0 Å². The molecule has 1 aromatic carbocycles. The number of hydrogen-bond donors (Lipinski definition) is 1. The number of pyridine rings is 1. The number of carboxylic acid groups (broad SMARTS) is 1. The first-order valence-electron chi connectivity index (χ1n) is 5.37. The summed E-state index contributed by atoms with van der Waals surface area (Å²) in [6, 6.07) is 7.16. The van der Waals surface area contributed by atoms with Crippen molar-refractivity contribution in [3.05, 3.63) is 52.8 Å². The van der Waals surface area contributed by atoms with Crippen LogP contribution in [-0.4, -0.2) is 16.1 Å². The van der Waals surface area contributed by atoms with Gasteiger partial charge >= 0.3 is 12.1 Å². The minimum absolute atomic E-state index is 0.101. The summed E-state index contributed by atoms with van der Waals surface area (Å²) in [5.74, 6) is -1.44. The van der Waals surface area contributed by atoms with Crippen molar-refractivity contribution in [2.45, 2.75) is 6.18 Å². The summed E-state index contributed by atoms with van der Waals surface area (Å²) in [6.45, 7) is 0. The summed E-state index contributed by atoms with van der Waals surface area (Å²) < 4.78 is 38.9. The highest BCUT2D eigenvalue weighted by Gasteiger charge is 2.34. The summed E-state index contributed by atoms with van der Waals surface area (Å²) in [6.07, 6.45) is -4.59.